The Labute approximate surface area is 126 Å². The minimum atomic E-state index is -1.04. The summed E-state index contributed by atoms with van der Waals surface area (Å²) in [6, 6.07) is 12.0. The lowest BCUT2D eigenvalue weighted by Crippen LogP contribution is -2.43. The number of rotatable bonds is 3. The molecule has 2 aromatic rings. The van der Waals surface area contributed by atoms with Crippen LogP contribution in [0.15, 0.2) is 48.5 Å². The quantitative estimate of drug-likeness (QED) is 0.947. The molecule has 0 aromatic heterocycles. The molecule has 3 rings (SSSR count). The van der Waals surface area contributed by atoms with Crippen LogP contribution >= 0.6 is 0 Å². The van der Waals surface area contributed by atoms with E-state index in [1.165, 1.54) is 23.1 Å². The van der Waals surface area contributed by atoms with Gasteiger partial charge in [0, 0.05) is 12.1 Å². The van der Waals surface area contributed by atoms with E-state index in [-0.39, 0.29) is 12.3 Å². The Morgan fingerprint density at radius 2 is 1.95 bits per heavy atom. The number of hydrogen-bond donors (Lipinski definition) is 1. The lowest BCUT2D eigenvalue weighted by atomic mass is 10.1. The molecule has 1 atom stereocenters. The summed E-state index contributed by atoms with van der Waals surface area (Å²) in [6.45, 7) is 0. The summed E-state index contributed by atoms with van der Waals surface area (Å²) in [5, 5.41) is 9.36. The molecule has 112 valence electrons. The van der Waals surface area contributed by atoms with Crippen LogP contribution in [0.5, 0.6) is 0 Å². The minimum Gasteiger partial charge on any atom is -0.480 e. The van der Waals surface area contributed by atoms with Gasteiger partial charge in [-0.15, -0.1) is 0 Å². The number of benzene rings is 2. The second kappa shape index (κ2) is 5.60. The van der Waals surface area contributed by atoms with Crippen LogP contribution in [0.2, 0.25) is 0 Å². The van der Waals surface area contributed by atoms with Crippen molar-refractivity contribution in [3.8, 4) is 0 Å². The second-order valence-electron chi connectivity index (χ2n) is 5.26. The summed E-state index contributed by atoms with van der Waals surface area (Å²) < 4.78 is 13.2. The number of nitrogens with zero attached hydrogens (tertiary/aromatic N) is 1. The fraction of sp³-hybridized carbons (Fsp3) is 0.176. The van der Waals surface area contributed by atoms with E-state index >= 15 is 0 Å². The van der Waals surface area contributed by atoms with E-state index in [9.17, 15) is 19.1 Å². The first-order valence-corrected chi connectivity index (χ1v) is 6.93. The molecule has 0 bridgehead atoms. The molecular weight excluding hydrogens is 285 g/mol. The zero-order valence-corrected chi connectivity index (χ0v) is 11.7. The van der Waals surface area contributed by atoms with Crippen molar-refractivity contribution in [1.29, 1.82) is 0 Å². The Balaban J connectivity index is 1.90. The minimum absolute atomic E-state index is 0.0319. The fourth-order valence-electron chi connectivity index (χ4n) is 2.80. The van der Waals surface area contributed by atoms with E-state index in [1.807, 2.05) is 12.1 Å². The number of para-hydroxylation sites is 1. The number of fused-ring (bicyclic) bond motifs is 1. The molecule has 5 heteroatoms. The van der Waals surface area contributed by atoms with E-state index in [2.05, 4.69) is 0 Å². The highest BCUT2D eigenvalue weighted by molar-refractivity contribution is 6.02. The van der Waals surface area contributed by atoms with E-state index in [0.717, 1.165) is 5.56 Å². The third kappa shape index (κ3) is 2.57. The summed E-state index contributed by atoms with van der Waals surface area (Å²) in [5.74, 6) is -1.80. The molecule has 1 unspecified atom stereocenters. The first kappa shape index (κ1) is 14.3. The second-order valence-corrected chi connectivity index (χ2v) is 5.26. The smallest absolute Gasteiger partial charge is 0.327 e. The molecule has 0 spiro atoms. The van der Waals surface area contributed by atoms with Gasteiger partial charge < -0.3 is 5.11 Å². The monoisotopic (exact) mass is 299 g/mol. The molecule has 1 aliphatic rings. The Morgan fingerprint density at radius 3 is 2.68 bits per heavy atom. The number of aliphatic carboxylic acids is 1. The predicted octanol–water partition coefficient (Wildman–Crippen LogP) is 2.41. The van der Waals surface area contributed by atoms with Crippen molar-refractivity contribution in [2.24, 2.45) is 0 Å². The molecule has 0 fully saturated rings. The van der Waals surface area contributed by atoms with Gasteiger partial charge in [-0.3, -0.25) is 9.69 Å². The zero-order valence-electron chi connectivity index (χ0n) is 11.7. The molecular formula is C17H14FNO3. The van der Waals surface area contributed by atoms with Gasteiger partial charge in [-0.05, 0) is 29.3 Å². The third-order valence-electron chi connectivity index (χ3n) is 3.77. The number of carbonyl (C=O) groups excluding carboxylic acids is 1. The van der Waals surface area contributed by atoms with E-state index in [1.54, 1.807) is 18.2 Å². The third-order valence-corrected chi connectivity index (χ3v) is 3.77. The largest absolute Gasteiger partial charge is 0.480 e. The maximum Gasteiger partial charge on any atom is 0.327 e. The van der Waals surface area contributed by atoms with E-state index in [4.69, 9.17) is 0 Å². The number of hydrogen-bond acceptors (Lipinski definition) is 2. The molecule has 1 N–H and O–H groups in total. The maximum absolute atomic E-state index is 13.2. The average molecular weight is 299 g/mol. The summed E-state index contributed by atoms with van der Waals surface area (Å²) in [4.78, 5) is 25.3. The summed E-state index contributed by atoms with van der Waals surface area (Å²) in [7, 11) is 0. The van der Waals surface area contributed by atoms with Crippen molar-refractivity contribution in [3.63, 3.8) is 0 Å². The van der Waals surface area contributed by atoms with Crippen LogP contribution in [0.3, 0.4) is 0 Å². The lowest BCUT2D eigenvalue weighted by molar-refractivity contribution is -0.139. The van der Waals surface area contributed by atoms with Gasteiger partial charge in [-0.1, -0.05) is 30.3 Å². The molecule has 0 radical (unpaired) electrons. The summed E-state index contributed by atoms with van der Waals surface area (Å²) >= 11 is 0. The first-order valence-electron chi connectivity index (χ1n) is 6.93. The van der Waals surface area contributed by atoms with Gasteiger partial charge in [0.05, 0.1) is 6.42 Å². The van der Waals surface area contributed by atoms with Crippen molar-refractivity contribution in [3.05, 3.63) is 65.5 Å². The van der Waals surface area contributed by atoms with Crippen molar-refractivity contribution in [2.45, 2.75) is 18.9 Å². The number of carbonyl (C=O) groups is 2. The average Bonchev–Trinajstić information content (AvgIpc) is 2.87. The van der Waals surface area contributed by atoms with Gasteiger partial charge >= 0.3 is 5.97 Å². The number of carboxylic acid groups (broad SMARTS) is 1. The van der Waals surface area contributed by atoms with Gasteiger partial charge in [-0.2, -0.15) is 0 Å². The summed E-state index contributed by atoms with van der Waals surface area (Å²) in [5.41, 5.74) is 1.98. The highest BCUT2D eigenvalue weighted by atomic mass is 19.1. The van der Waals surface area contributed by atoms with Crippen molar-refractivity contribution >= 4 is 17.6 Å². The standard InChI is InChI=1S/C17H14FNO3/c18-13-6-3-4-11(8-13)9-16(20)19-14-7-2-1-5-12(14)10-15(19)17(21)22/h1-8,15H,9-10H2,(H,21,22). The molecule has 4 nitrogen and oxygen atoms in total. The molecule has 0 saturated heterocycles. The lowest BCUT2D eigenvalue weighted by Gasteiger charge is -2.22. The zero-order chi connectivity index (χ0) is 15.7. The number of anilines is 1. The molecule has 0 aliphatic carbocycles. The molecule has 1 aliphatic heterocycles. The van der Waals surface area contributed by atoms with Crippen LogP contribution < -0.4 is 4.90 Å². The highest BCUT2D eigenvalue weighted by Crippen LogP contribution is 2.32. The maximum atomic E-state index is 13.2. The van der Waals surface area contributed by atoms with Gasteiger partial charge in [0.1, 0.15) is 11.9 Å². The SMILES string of the molecule is O=C(O)C1Cc2ccccc2N1C(=O)Cc1cccc(F)c1. The Kier molecular flexibility index (Phi) is 3.63. The number of amides is 1. The van der Waals surface area contributed by atoms with Gasteiger partial charge in [0.25, 0.3) is 0 Å². The van der Waals surface area contributed by atoms with Crippen molar-refractivity contribution < 1.29 is 19.1 Å². The number of carboxylic acids is 1. The molecule has 2 aromatic carbocycles. The molecule has 0 saturated carbocycles. The Hall–Kier alpha value is -2.69. The summed E-state index contributed by atoms with van der Waals surface area (Å²) in [6.07, 6.45) is 0.260. The molecule has 1 heterocycles. The van der Waals surface area contributed by atoms with E-state index in [0.29, 0.717) is 17.7 Å². The Morgan fingerprint density at radius 1 is 1.18 bits per heavy atom. The number of halogens is 1. The topological polar surface area (TPSA) is 57.6 Å². The van der Waals surface area contributed by atoms with Gasteiger partial charge in [0.2, 0.25) is 5.91 Å². The predicted molar refractivity (Wildman–Crippen MR) is 79.2 cm³/mol. The van der Waals surface area contributed by atoms with Crippen molar-refractivity contribution in [1.82, 2.24) is 0 Å². The molecule has 22 heavy (non-hydrogen) atoms. The Bertz CT molecular complexity index is 744. The first-order chi connectivity index (χ1) is 10.6. The van der Waals surface area contributed by atoms with Gasteiger partial charge in [-0.25, -0.2) is 9.18 Å². The van der Waals surface area contributed by atoms with Crippen LogP contribution in [-0.2, 0) is 22.4 Å². The van der Waals surface area contributed by atoms with Crippen LogP contribution in [0.25, 0.3) is 0 Å². The fourth-order valence-corrected chi connectivity index (χ4v) is 2.80. The van der Waals surface area contributed by atoms with Crippen molar-refractivity contribution in [2.75, 3.05) is 4.90 Å². The normalized spacial score (nSPS) is 16.4. The van der Waals surface area contributed by atoms with E-state index < -0.39 is 17.8 Å². The van der Waals surface area contributed by atoms with Crippen LogP contribution in [-0.4, -0.2) is 23.0 Å². The molecule has 1 amide bonds. The van der Waals surface area contributed by atoms with Crippen LogP contribution in [0, 0.1) is 5.82 Å². The van der Waals surface area contributed by atoms with Crippen LogP contribution in [0.4, 0.5) is 10.1 Å². The van der Waals surface area contributed by atoms with Gasteiger partial charge in [0.15, 0.2) is 0 Å². The van der Waals surface area contributed by atoms with Crippen LogP contribution in [0.1, 0.15) is 11.1 Å². The highest BCUT2D eigenvalue weighted by Gasteiger charge is 2.37.